The lowest BCUT2D eigenvalue weighted by Crippen LogP contribution is -2.38. The van der Waals surface area contributed by atoms with Crippen molar-refractivity contribution < 1.29 is 9.59 Å². The molecule has 0 aliphatic heterocycles. The molecule has 0 bridgehead atoms. The van der Waals surface area contributed by atoms with E-state index in [4.69, 9.17) is 0 Å². The Bertz CT molecular complexity index is 1030. The normalized spacial score (nSPS) is 10.6. The van der Waals surface area contributed by atoms with Crippen LogP contribution in [0.3, 0.4) is 0 Å². The minimum atomic E-state index is -0.199. The van der Waals surface area contributed by atoms with E-state index < -0.39 is 0 Å². The quantitative estimate of drug-likeness (QED) is 0.543. The molecule has 7 heteroatoms. The molecule has 0 atom stereocenters. The Kier molecular flexibility index (Phi) is 8.02. The third kappa shape index (κ3) is 6.44. The van der Waals surface area contributed by atoms with Crippen LogP contribution < -0.4 is 10.6 Å². The van der Waals surface area contributed by atoms with Crippen molar-refractivity contribution >= 4 is 11.9 Å². The van der Waals surface area contributed by atoms with Gasteiger partial charge >= 0.3 is 6.03 Å². The van der Waals surface area contributed by atoms with Crippen molar-refractivity contribution in [1.29, 1.82) is 0 Å². The summed E-state index contributed by atoms with van der Waals surface area (Å²) in [5.41, 5.74) is 5.22. The van der Waals surface area contributed by atoms with E-state index in [0.29, 0.717) is 19.6 Å². The summed E-state index contributed by atoms with van der Waals surface area (Å²) < 4.78 is 1.97. The maximum absolute atomic E-state index is 12.3. The topological polar surface area (TPSA) is 79.3 Å². The number of aryl methyl sites for hydroxylation is 1. The van der Waals surface area contributed by atoms with Gasteiger partial charge in [0.2, 0.25) is 5.91 Å². The molecule has 0 aliphatic carbocycles. The highest BCUT2D eigenvalue weighted by Crippen LogP contribution is 2.14. The van der Waals surface area contributed by atoms with Crippen LogP contribution in [-0.4, -0.2) is 40.2 Å². The fourth-order valence-electron chi connectivity index (χ4n) is 3.52. The molecule has 0 unspecified atom stereocenters. The molecular weight excluding hydrogens is 402 g/mol. The van der Waals surface area contributed by atoms with Gasteiger partial charge in [0.05, 0.1) is 12.2 Å². The van der Waals surface area contributed by atoms with E-state index in [1.54, 1.807) is 11.9 Å². The third-order valence-electron chi connectivity index (χ3n) is 5.41. The van der Waals surface area contributed by atoms with Crippen LogP contribution >= 0.6 is 0 Å². The second kappa shape index (κ2) is 11.1. The highest BCUT2D eigenvalue weighted by atomic mass is 16.2. The zero-order chi connectivity index (χ0) is 22.9. The molecular formula is C25H31N5O2. The first-order valence-electron chi connectivity index (χ1n) is 10.8. The second-order valence-electron chi connectivity index (χ2n) is 7.89. The summed E-state index contributed by atoms with van der Waals surface area (Å²) in [5.74, 6) is -0.106. The molecule has 2 N–H and O–H groups in total. The summed E-state index contributed by atoms with van der Waals surface area (Å²) in [4.78, 5) is 26.1. The molecule has 7 nitrogen and oxygen atoms in total. The van der Waals surface area contributed by atoms with Crippen LogP contribution in [0.4, 0.5) is 4.79 Å². The summed E-state index contributed by atoms with van der Waals surface area (Å²) in [6.45, 7) is 5.91. The molecule has 32 heavy (non-hydrogen) atoms. The zero-order valence-electron chi connectivity index (χ0n) is 19.0. The molecule has 0 saturated heterocycles. The van der Waals surface area contributed by atoms with Gasteiger partial charge in [0.25, 0.3) is 0 Å². The standard InChI is InChI=1S/C25H31N5O2/c1-19-23(20(2)30(28-19)18-22-12-8-5-9-13-22)16-27-24(31)14-15-26-25(32)29(3)17-21-10-6-4-7-11-21/h4-13H,14-18H2,1-3H3,(H,26,32)(H,27,31). The Labute approximate surface area is 189 Å². The van der Waals surface area contributed by atoms with Gasteiger partial charge < -0.3 is 15.5 Å². The van der Waals surface area contributed by atoms with E-state index >= 15 is 0 Å². The maximum Gasteiger partial charge on any atom is 0.317 e. The number of carbonyl (C=O) groups is 2. The number of aromatic nitrogens is 2. The molecule has 3 aromatic rings. The summed E-state index contributed by atoms with van der Waals surface area (Å²) >= 11 is 0. The van der Waals surface area contributed by atoms with Crippen molar-refractivity contribution in [2.75, 3.05) is 13.6 Å². The largest absolute Gasteiger partial charge is 0.352 e. The van der Waals surface area contributed by atoms with Crippen molar-refractivity contribution in [1.82, 2.24) is 25.3 Å². The molecule has 1 aromatic heterocycles. The van der Waals surface area contributed by atoms with Gasteiger partial charge in [-0.05, 0) is 25.0 Å². The third-order valence-corrected chi connectivity index (χ3v) is 5.41. The van der Waals surface area contributed by atoms with E-state index in [-0.39, 0.29) is 24.9 Å². The fraction of sp³-hybridized carbons (Fsp3) is 0.320. The number of benzene rings is 2. The van der Waals surface area contributed by atoms with Gasteiger partial charge in [-0.1, -0.05) is 60.7 Å². The molecule has 0 aliphatic rings. The van der Waals surface area contributed by atoms with Crippen LogP contribution in [-0.2, 0) is 24.4 Å². The van der Waals surface area contributed by atoms with Crippen molar-refractivity contribution in [2.45, 2.75) is 39.9 Å². The summed E-state index contributed by atoms with van der Waals surface area (Å²) in [6.07, 6.45) is 0.223. The van der Waals surface area contributed by atoms with Crippen LogP contribution in [0.15, 0.2) is 60.7 Å². The smallest absolute Gasteiger partial charge is 0.317 e. The Morgan fingerprint density at radius 3 is 2.22 bits per heavy atom. The van der Waals surface area contributed by atoms with Crippen molar-refractivity contribution in [3.8, 4) is 0 Å². The van der Waals surface area contributed by atoms with Crippen molar-refractivity contribution in [3.05, 3.63) is 88.7 Å². The van der Waals surface area contributed by atoms with Gasteiger partial charge in [0.1, 0.15) is 0 Å². The number of nitrogens with zero attached hydrogens (tertiary/aromatic N) is 3. The highest BCUT2D eigenvalue weighted by Gasteiger charge is 2.14. The SMILES string of the molecule is Cc1nn(Cc2ccccc2)c(C)c1CNC(=O)CCNC(=O)N(C)Cc1ccccc1. The average Bonchev–Trinajstić information content (AvgIpc) is 3.05. The molecule has 3 rings (SSSR count). The Morgan fingerprint density at radius 1 is 0.938 bits per heavy atom. The van der Waals surface area contributed by atoms with Crippen LogP contribution in [0.1, 0.15) is 34.5 Å². The predicted octanol–water partition coefficient (Wildman–Crippen LogP) is 3.40. The van der Waals surface area contributed by atoms with Crippen LogP contribution in [0.25, 0.3) is 0 Å². The minimum absolute atomic E-state index is 0.106. The molecule has 0 spiro atoms. The Hall–Kier alpha value is -3.61. The van der Waals surface area contributed by atoms with Gasteiger partial charge in [-0.3, -0.25) is 9.48 Å². The van der Waals surface area contributed by atoms with E-state index in [2.05, 4.69) is 27.9 Å². The van der Waals surface area contributed by atoms with Gasteiger partial charge in [-0.2, -0.15) is 5.10 Å². The molecule has 0 radical (unpaired) electrons. The van der Waals surface area contributed by atoms with E-state index in [0.717, 1.165) is 22.5 Å². The molecule has 0 saturated carbocycles. The lowest BCUT2D eigenvalue weighted by atomic mass is 10.2. The highest BCUT2D eigenvalue weighted by molar-refractivity contribution is 5.78. The maximum atomic E-state index is 12.3. The summed E-state index contributed by atoms with van der Waals surface area (Å²) in [7, 11) is 1.74. The van der Waals surface area contributed by atoms with Gasteiger partial charge in [-0.15, -0.1) is 0 Å². The monoisotopic (exact) mass is 433 g/mol. The van der Waals surface area contributed by atoms with E-state index in [9.17, 15) is 9.59 Å². The van der Waals surface area contributed by atoms with Crippen LogP contribution in [0.2, 0.25) is 0 Å². The first kappa shape index (κ1) is 23.1. The first-order valence-corrected chi connectivity index (χ1v) is 10.8. The number of hydrogen-bond donors (Lipinski definition) is 2. The molecule has 3 amide bonds. The Morgan fingerprint density at radius 2 is 1.56 bits per heavy atom. The average molecular weight is 434 g/mol. The lowest BCUT2D eigenvalue weighted by Gasteiger charge is -2.18. The number of carbonyl (C=O) groups excluding carboxylic acids is 2. The fourth-order valence-corrected chi connectivity index (χ4v) is 3.52. The summed E-state index contributed by atoms with van der Waals surface area (Å²) in [5, 5.41) is 10.4. The van der Waals surface area contributed by atoms with Gasteiger partial charge in [0, 0.05) is 44.4 Å². The van der Waals surface area contributed by atoms with Crippen LogP contribution in [0, 0.1) is 13.8 Å². The molecule has 168 valence electrons. The van der Waals surface area contributed by atoms with Crippen LogP contribution in [0.5, 0.6) is 0 Å². The Balaban J connectivity index is 1.42. The number of rotatable bonds is 9. The van der Waals surface area contributed by atoms with E-state index in [1.807, 2.05) is 67.1 Å². The van der Waals surface area contributed by atoms with Gasteiger partial charge in [0.15, 0.2) is 0 Å². The zero-order valence-corrected chi connectivity index (χ0v) is 19.0. The number of nitrogens with one attached hydrogen (secondary N) is 2. The number of urea groups is 1. The predicted molar refractivity (Wildman–Crippen MR) is 125 cm³/mol. The lowest BCUT2D eigenvalue weighted by molar-refractivity contribution is -0.121. The van der Waals surface area contributed by atoms with Crippen molar-refractivity contribution in [3.63, 3.8) is 0 Å². The number of hydrogen-bond acceptors (Lipinski definition) is 3. The molecule has 2 aromatic carbocycles. The number of amides is 3. The molecule has 1 heterocycles. The minimum Gasteiger partial charge on any atom is -0.352 e. The van der Waals surface area contributed by atoms with Gasteiger partial charge in [-0.25, -0.2) is 4.79 Å². The van der Waals surface area contributed by atoms with E-state index in [1.165, 1.54) is 5.56 Å². The van der Waals surface area contributed by atoms with Crippen molar-refractivity contribution in [2.24, 2.45) is 0 Å². The summed E-state index contributed by atoms with van der Waals surface area (Å²) in [6, 6.07) is 19.8. The first-order chi connectivity index (χ1) is 15.4. The molecule has 0 fully saturated rings. The second-order valence-corrected chi connectivity index (χ2v) is 7.89.